The summed E-state index contributed by atoms with van der Waals surface area (Å²) in [4.78, 5) is 23.2. The molecule has 0 N–H and O–H groups in total. The molecule has 7 heteroatoms. The molecule has 43 heavy (non-hydrogen) atoms. The lowest BCUT2D eigenvalue weighted by Gasteiger charge is -2.26. The van der Waals surface area contributed by atoms with E-state index in [1.807, 2.05) is 12.1 Å². The topological polar surface area (TPSA) is 95.5 Å². The molecule has 0 aliphatic rings. The molecule has 2 unspecified atom stereocenters. The van der Waals surface area contributed by atoms with Gasteiger partial charge in [0, 0.05) is 12.1 Å². The van der Waals surface area contributed by atoms with Gasteiger partial charge in [0.05, 0.1) is 33.2 Å². The van der Waals surface area contributed by atoms with Crippen molar-refractivity contribution in [1.29, 1.82) is 0 Å². The number of ether oxygens (including phenoxy) is 1. The lowest BCUT2D eigenvalue weighted by molar-refractivity contribution is -0.387. The summed E-state index contributed by atoms with van der Waals surface area (Å²) in [6, 6.07) is 13.6. The average molecular weight is 597 g/mol. The molecular weight excluding hydrogens is 540 g/mol. The Morgan fingerprint density at radius 1 is 0.512 bits per heavy atom. The maximum absolute atomic E-state index is 12.0. The Bertz CT molecular complexity index is 962. The van der Waals surface area contributed by atoms with Crippen molar-refractivity contribution in [1.82, 2.24) is 0 Å². The Hall–Kier alpha value is -2.80. The predicted octanol–water partition coefficient (Wildman–Crippen LogP) is 12.1. The Morgan fingerprint density at radius 2 is 0.814 bits per heavy atom. The largest absolute Gasteiger partial charge is 0.365 e. The predicted molar refractivity (Wildman–Crippen MR) is 176 cm³/mol. The van der Waals surface area contributed by atoms with Crippen molar-refractivity contribution in [2.24, 2.45) is 0 Å². The fourth-order valence-electron chi connectivity index (χ4n) is 5.92. The van der Waals surface area contributed by atoms with Crippen LogP contribution >= 0.6 is 0 Å². The van der Waals surface area contributed by atoms with Crippen molar-refractivity contribution in [3.63, 3.8) is 0 Å². The molecule has 0 radical (unpaired) electrons. The second-order valence-corrected chi connectivity index (χ2v) is 12.0. The number of rotatable bonds is 26. The van der Waals surface area contributed by atoms with Crippen LogP contribution in [-0.2, 0) is 4.74 Å². The minimum atomic E-state index is -0.505. The van der Waals surface area contributed by atoms with Gasteiger partial charge < -0.3 is 4.74 Å². The van der Waals surface area contributed by atoms with Crippen LogP contribution in [0.4, 0.5) is 11.4 Å². The molecule has 0 amide bonds. The maximum Gasteiger partial charge on any atom is 0.275 e. The van der Waals surface area contributed by atoms with Gasteiger partial charge in [-0.2, -0.15) is 0 Å². The normalized spacial score (nSPS) is 12.7. The Kier molecular flexibility index (Phi) is 19.2. The third-order valence-corrected chi connectivity index (χ3v) is 8.43. The van der Waals surface area contributed by atoms with E-state index in [0.29, 0.717) is 24.0 Å². The lowest BCUT2D eigenvalue weighted by Crippen LogP contribution is -2.14. The second-order valence-electron chi connectivity index (χ2n) is 12.0. The van der Waals surface area contributed by atoms with Gasteiger partial charge in [0.25, 0.3) is 11.4 Å². The molecule has 0 spiro atoms. The first kappa shape index (κ1) is 36.4. The molecule has 240 valence electrons. The van der Waals surface area contributed by atoms with E-state index in [1.54, 1.807) is 24.3 Å². The molecule has 0 saturated carbocycles. The zero-order valence-electron chi connectivity index (χ0n) is 26.9. The van der Waals surface area contributed by atoms with Crippen molar-refractivity contribution < 1.29 is 14.6 Å². The number of nitro benzene ring substituents is 2. The van der Waals surface area contributed by atoms with Crippen molar-refractivity contribution in [3.8, 4) is 0 Å². The van der Waals surface area contributed by atoms with E-state index in [0.717, 1.165) is 38.5 Å². The fraction of sp³-hybridized carbons (Fsp3) is 0.667. The first-order valence-electron chi connectivity index (χ1n) is 17.1. The van der Waals surface area contributed by atoms with Gasteiger partial charge in [0.2, 0.25) is 0 Å². The van der Waals surface area contributed by atoms with E-state index in [4.69, 9.17) is 4.74 Å². The first-order chi connectivity index (χ1) is 21.0. The van der Waals surface area contributed by atoms with E-state index in [2.05, 4.69) is 13.8 Å². The van der Waals surface area contributed by atoms with Crippen LogP contribution in [-0.4, -0.2) is 9.85 Å². The molecule has 0 fully saturated rings. The molecule has 2 aromatic rings. The van der Waals surface area contributed by atoms with Gasteiger partial charge in [-0.05, 0) is 25.0 Å². The van der Waals surface area contributed by atoms with Crippen LogP contribution < -0.4 is 0 Å². The molecule has 0 bridgehead atoms. The standard InChI is InChI=1S/C36H56N2O5/c1-3-5-7-9-11-13-15-17-19-29-35(31-25-21-23-27-33(31)37(39)40)43-36(32-26-22-24-28-34(32)38(41)42)30-20-18-16-14-12-10-8-6-4-2/h21-28,35-36H,3-20,29-30H2,1-2H3. The fourth-order valence-corrected chi connectivity index (χ4v) is 5.92. The summed E-state index contributed by atoms with van der Waals surface area (Å²) in [5, 5.41) is 23.9. The first-order valence-corrected chi connectivity index (χ1v) is 17.1. The average Bonchev–Trinajstić information content (AvgIpc) is 3.01. The van der Waals surface area contributed by atoms with E-state index in [1.165, 1.54) is 89.2 Å². The molecule has 0 aliphatic carbocycles. The van der Waals surface area contributed by atoms with Gasteiger partial charge in [0.15, 0.2) is 0 Å². The monoisotopic (exact) mass is 596 g/mol. The minimum absolute atomic E-state index is 0.0489. The van der Waals surface area contributed by atoms with Gasteiger partial charge in [-0.15, -0.1) is 0 Å². The van der Waals surface area contributed by atoms with E-state index in [-0.39, 0.29) is 21.2 Å². The van der Waals surface area contributed by atoms with Gasteiger partial charge in [-0.25, -0.2) is 0 Å². The van der Waals surface area contributed by atoms with Gasteiger partial charge in [-0.1, -0.05) is 154 Å². The SMILES string of the molecule is CCCCCCCCCCCC(OC(CCCCCCCCCCC)c1ccccc1[N+](=O)[O-])c1ccccc1[N+](=O)[O-]. The summed E-state index contributed by atoms with van der Waals surface area (Å²) < 4.78 is 6.74. The Morgan fingerprint density at radius 3 is 1.14 bits per heavy atom. The number of nitrogens with zero attached hydrogens (tertiary/aromatic N) is 2. The molecule has 0 heterocycles. The summed E-state index contributed by atoms with van der Waals surface area (Å²) in [7, 11) is 0. The highest BCUT2D eigenvalue weighted by Gasteiger charge is 2.29. The second kappa shape index (κ2) is 22.7. The Labute approximate surface area is 260 Å². The van der Waals surface area contributed by atoms with Crippen LogP contribution in [0.5, 0.6) is 0 Å². The quantitative estimate of drug-likeness (QED) is 0.0611. The van der Waals surface area contributed by atoms with Crippen molar-refractivity contribution >= 4 is 11.4 Å². The molecule has 7 nitrogen and oxygen atoms in total. The summed E-state index contributed by atoms with van der Waals surface area (Å²) in [6.45, 7) is 4.46. The highest BCUT2D eigenvalue weighted by Crippen LogP contribution is 2.40. The smallest absolute Gasteiger partial charge is 0.275 e. The Balaban J connectivity index is 2.13. The number of hydrogen-bond acceptors (Lipinski definition) is 5. The van der Waals surface area contributed by atoms with Crippen LogP contribution in [0.2, 0.25) is 0 Å². The van der Waals surface area contributed by atoms with E-state index < -0.39 is 12.2 Å². The molecule has 0 aliphatic heterocycles. The summed E-state index contributed by atoms with van der Waals surface area (Å²) in [6.07, 6.45) is 21.6. The minimum Gasteiger partial charge on any atom is -0.365 e. The highest BCUT2D eigenvalue weighted by molar-refractivity contribution is 5.43. The van der Waals surface area contributed by atoms with Crippen LogP contribution in [0.3, 0.4) is 0 Å². The number of para-hydroxylation sites is 2. The van der Waals surface area contributed by atoms with Crippen molar-refractivity contribution in [2.75, 3.05) is 0 Å². The van der Waals surface area contributed by atoms with Crippen LogP contribution in [0.25, 0.3) is 0 Å². The van der Waals surface area contributed by atoms with E-state index in [9.17, 15) is 20.2 Å². The molecule has 0 aromatic heterocycles. The van der Waals surface area contributed by atoms with Gasteiger partial charge in [-0.3, -0.25) is 20.2 Å². The third kappa shape index (κ3) is 14.5. The van der Waals surface area contributed by atoms with Gasteiger partial charge >= 0.3 is 0 Å². The highest BCUT2D eigenvalue weighted by atomic mass is 16.6. The number of hydrogen-bond donors (Lipinski definition) is 0. The zero-order valence-corrected chi connectivity index (χ0v) is 26.9. The molecule has 0 saturated heterocycles. The van der Waals surface area contributed by atoms with Gasteiger partial charge in [0.1, 0.15) is 0 Å². The lowest BCUT2D eigenvalue weighted by atomic mass is 9.97. The van der Waals surface area contributed by atoms with E-state index >= 15 is 0 Å². The van der Waals surface area contributed by atoms with Crippen LogP contribution in [0.1, 0.15) is 166 Å². The van der Waals surface area contributed by atoms with Crippen molar-refractivity contribution in [2.45, 2.75) is 154 Å². The third-order valence-electron chi connectivity index (χ3n) is 8.43. The van der Waals surface area contributed by atoms with Crippen molar-refractivity contribution in [3.05, 3.63) is 79.9 Å². The number of unbranched alkanes of at least 4 members (excludes halogenated alkanes) is 16. The number of benzene rings is 2. The van der Waals surface area contributed by atoms with Crippen LogP contribution in [0, 0.1) is 20.2 Å². The molecule has 2 rings (SSSR count). The molecule has 2 aromatic carbocycles. The summed E-state index contributed by atoms with van der Waals surface area (Å²) >= 11 is 0. The molecule has 2 atom stereocenters. The van der Waals surface area contributed by atoms with Crippen LogP contribution in [0.15, 0.2) is 48.5 Å². The number of nitro groups is 2. The maximum atomic E-state index is 12.0. The zero-order chi connectivity index (χ0) is 31.1. The summed E-state index contributed by atoms with van der Waals surface area (Å²) in [5.74, 6) is 0. The summed E-state index contributed by atoms with van der Waals surface area (Å²) in [5.41, 5.74) is 1.21. The molecular formula is C36H56N2O5.